The number of carbonyl (C=O) groups excluding carboxylic acids is 2. The minimum Gasteiger partial charge on any atom is -0.337 e. The molecule has 0 unspecified atom stereocenters. The van der Waals surface area contributed by atoms with Crippen molar-refractivity contribution in [3.05, 3.63) is 72.8 Å². The smallest absolute Gasteiger partial charge is 0.319 e. The van der Waals surface area contributed by atoms with E-state index in [1.807, 2.05) is 79.7 Å². The van der Waals surface area contributed by atoms with Gasteiger partial charge in [-0.3, -0.25) is 4.79 Å². The van der Waals surface area contributed by atoms with Crippen LogP contribution in [0.1, 0.15) is 13.3 Å². The van der Waals surface area contributed by atoms with E-state index in [1.165, 1.54) is 0 Å². The normalized spacial score (nSPS) is 10.4. The average Bonchev–Trinajstić information content (AvgIpc) is 2.69. The Bertz CT molecular complexity index is 920. The van der Waals surface area contributed by atoms with E-state index >= 15 is 0 Å². The Balaban J connectivity index is 1.60. The van der Waals surface area contributed by atoms with Crippen LogP contribution in [0.3, 0.4) is 0 Å². The summed E-state index contributed by atoms with van der Waals surface area (Å²) < 4.78 is 0. The Morgan fingerprint density at radius 1 is 0.889 bits per heavy atom. The first-order valence-corrected chi connectivity index (χ1v) is 9.07. The van der Waals surface area contributed by atoms with Crippen molar-refractivity contribution >= 4 is 34.1 Å². The Morgan fingerprint density at radius 3 is 2.37 bits per heavy atom. The molecule has 0 heterocycles. The molecule has 2 N–H and O–H groups in total. The van der Waals surface area contributed by atoms with Crippen LogP contribution in [-0.4, -0.2) is 25.0 Å². The zero-order valence-electron chi connectivity index (χ0n) is 15.3. The summed E-state index contributed by atoms with van der Waals surface area (Å²) in [5, 5.41) is 7.62. The Morgan fingerprint density at radius 2 is 1.59 bits per heavy atom. The first kappa shape index (κ1) is 18.5. The predicted molar refractivity (Wildman–Crippen MR) is 110 cm³/mol. The zero-order valence-corrected chi connectivity index (χ0v) is 15.3. The van der Waals surface area contributed by atoms with Crippen molar-refractivity contribution in [2.45, 2.75) is 13.3 Å². The first-order valence-electron chi connectivity index (χ1n) is 9.07. The van der Waals surface area contributed by atoms with Crippen LogP contribution in [0.15, 0.2) is 72.8 Å². The van der Waals surface area contributed by atoms with Gasteiger partial charge in [-0.25, -0.2) is 4.79 Å². The van der Waals surface area contributed by atoms with Crippen molar-refractivity contribution in [3.63, 3.8) is 0 Å². The van der Waals surface area contributed by atoms with Crippen LogP contribution in [0, 0.1) is 0 Å². The Hall–Kier alpha value is -3.34. The summed E-state index contributed by atoms with van der Waals surface area (Å²) >= 11 is 0. The second-order valence-electron chi connectivity index (χ2n) is 6.13. The Labute approximate surface area is 159 Å². The average molecular weight is 361 g/mol. The number of nitrogens with zero attached hydrogens (tertiary/aromatic N) is 1. The number of urea groups is 1. The number of amides is 3. The molecule has 0 spiro atoms. The van der Waals surface area contributed by atoms with Gasteiger partial charge >= 0.3 is 6.03 Å². The molecule has 3 rings (SSSR count). The molecular weight excluding hydrogens is 338 g/mol. The van der Waals surface area contributed by atoms with E-state index < -0.39 is 0 Å². The van der Waals surface area contributed by atoms with Gasteiger partial charge in [0.2, 0.25) is 5.91 Å². The van der Waals surface area contributed by atoms with Crippen molar-refractivity contribution in [1.29, 1.82) is 0 Å². The maximum absolute atomic E-state index is 12.7. The highest BCUT2D eigenvalue weighted by atomic mass is 16.2. The molecule has 0 bridgehead atoms. The van der Waals surface area contributed by atoms with Crippen LogP contribution in [-0.2, 0) is 4.79 Å². The molecule has 3 amide bonds. The van der Waals surface area contributed by atoms with Gasteiger partial charge in [-0.2, -0.15) is 0 Å². The molecular formula is C22H23N3O2. The predicted octanol–water partition coefficient (Wildman–Crippen LogP) is 4.40. The van der Waals surface area contributed by atoms with E-state index in [0.29, 0.717) is 12.2 Å². The van der Waals surface area contributed by atoms with Crippen LogP contribution in [0.2, 0.25) is 0 Å². The molecule has 5 nitrogen and oxygen atoms in total. The molecule has 3 aromatic rings. The summed E-state index contributed by atoms with van der Waals surface area (Å²) in [6, 6.07) is 22.8. The van der Waals surface area contributed by atoms with Crippen LogP contribution in [0.5, 0.6) is 0 Å². The van der Waals surface area contributed by atoms with Crippen LogP contribution >= 0.6 is 0 Å². The summed E-state index contributed by atoms with van der Waals surface area (Å²) in [6.45, 7) is 2.80. The lowest BCUT2D eigenvalue weighted by atomic mass is 10.1. The zero-order chi connectivity index (χ0) is 19.1. The molecule has 3 aromatic carbocycles. The maximum Gasteiger partial charge on any atom is 0.319 e. The van der Waals surface area contributed by atoms with Gasteiger partial charge in [0.25, 0.3) is 0 Å². The lowest BCUT2D eigenvalue weighted by Crippen LogP contribution is -2.36. The largest absolute Gasteiger partial charge is 0.337 e. The van der Waals surface area contributed by atoms with Crippen molar-refractivity contribution in [2.24, 2.45) is 0 Å². The van der Waals surface area contributed by atoms with E-state index in [1.54, 1.807) is 4.90 Å². The highest BCUT2D eigenvalue weighted by Crippen LogP contribution is 2.27. The van der Waals surface area contributed by atoms with Gasteiger partial charge in [-0.1, -0.05) is 54.6 Å². The number of benzene rings is 3. The lowest BCUT2D eigenvalue weighted by molar-refractivity contribution is -0.118. The number of hydrogen-bond acceptors (Lipinski definition) is 2. The number of nitrogens with one attached hydrogen (secondary N) is 2. The number of carbonyl (C=O) groups is 2. The lowest BCUT2D eigenvalue weighted by Gasteiger charge is -2.23. The molecule has 0 aromatic heterocycles. The Kier molecular flexibility index (Phi) is 6.05. The van der Waals surface area contributed by atoms with Gasteiger partial charge in [0, 0.05) is 30.6 Å². The minimum atomic E-state index is -0.317. The third-order valence-electron chi connectivity index (χ3n) is 4.33. The monoisotopic (exact) mass is 361 g/mol. The first-order chi connectivity index (χ1) is 13.2. The van der Waals surface area contributed by atoms with Gasteiger partial charge in [0.1, 0.15) is 0 Å². The second-order valence-corrected chi connectivity index (χ2v) is 6.13. The number of hydrogen-bond donors (Lipinski definition) is 2. The van der Waals surface area contributed by atoms with Crippen LogP contribution in [0.25, 0.3) is 10.8 Å². The van der Waals surface area contributed by atoms with E-state index in [9.17, 15) is 9.59 Å². The summed E-state index contributed by atoms with van der Waals surface area (Å²) in [4.78, 5) is 26.4. The standard InChI is InChI=1S/C22H23N3O2/c1-2-25(20-14-8-10-17-9-6-7-13-19(17)20)21(26)15-16-23-22(27)24-18-11-4-3-5-12-18/h3-14H,2,15-16H2,1H3,(H2,23,24,27). The van der Waals surface area contributed by atoms with Gasteiger partial charge in [0.05, 0.1) is 5.69 Å². The van der Waals surface area contributed by atoms with E-state index in [0.717, 1.165) is 16.5 Å². The van der Waals surface area contributed by atoms with E-state index in [2.05, 4.69) is 10.6 Å². The molecule has 0 saturated carbocycles. The fourth-order valence-corrected chi connectivity index (χ4v) is 3.04. The van der Waals surface area contributed by atoms with E-state index in [-0.39, 0.29) is 24.9 Å². The third-order valence-corrected chi connectivity index (χ3v) is 4.33. The number of rotatable bonds is 6. The van der Waals surface area contributed by atoms with Crippen LogP contribution < -0.4 is 15.5 Å². The molecule has 138 valence electrons. The van der Waals surface area contributed by atoms with Gasteiger partial charge < -0.3 is 15.5 Å². The molecule has 27 heavy (non-hydrogen) atoms. The molecule has 0 fully saturated rings. The molecule has 0 radical (unpaired) electrons. The van der Waals surface area contributed by atoms with Crippen molar-refractivity contribution in [1.82, 2.24) is 5.32 Å². The molecule has 0 atom stereocenters. The topological polar surface area (TPSA) is 61.4 Å². The molecule has 0 saturated heterocycles. The molecule has 5 heteroatoms. The summed E-state index contributed by atoms with van der Waals surface area (Å²) in [5.41, 5.74) is 1.61. The summed E-state index contributed by atoms with van der Waals surface area (Å²) in [5.74, 6) is -0.0196. The number of anilines is 2. The van der Waals surface area contributed by atoms with Gasteiger partial charge in [-0.05, 0) is 30.5 Å². The maximum atomic E-state index is 12.7. The van der Waals surface area contributed by atoms with Gasteiger partial charge in [-0.15, -0.1) is 0 Å². The summed E-state index contributed by atoms with van der Waals surface area (Å²) in [6.07, 6.45) is 0.235. The molecule has 0 aliphatic heterocycles. The minimum absolute atomic E-state index is 0.0196. The number of fused-ring (bicyclic) bond motifs is 1. The van der Waals surface area contributed by atoms with Crippen molar-refractivity contribution in [3.8, 4) is 0 Å². The highest BCUT2D eigenvalue weighted by molar-refractivity contribution is 6.03. The quantitative estimate of drug-likeness (QED) is 0.683. The van der Waals surface area contributed by atoms with Gasteiger partial charge in [0.15, 0.2) is 0 Å². The van der Waals surface area contributed by atoms with E-state index in [4.69, 9.17) is 0 Å². The van der Waals surface area contributed by atoms with Crippen molar-refractivity contribution in [2.75, 3.05) is 23.3 Å². The highest BCUT2D eigenvalue weighted by Gasteiger charge is 2.16. The fourth-order valence-electron chi connectivity index (χ4n) is 3.04. The summed E-state index contributed by atoms with van der Waals surface area (Å²) in [7, 11) is 0. The fraction of sp³-hybridized carbons (Fsp3) is 0.182. The second kappa shape index (κ2) is 8.85. The number of para-hydroxylation sites is 1. The third kappa shape index (κ3) is 4.64. The molecule has 0 aliphatic rings. The van der Waals surface area contributed by atoms with Crippen LogP contribution in [0.4, 0.5) is 16.2 Å². The molecule has 0 aliphatic carbocycles. The SMILES string of the molecule is CCN(C(=O)CCNC(=O)Nc1ccccc1)c1cccc2ccccc12. The van der Waals surface area contributed by atoms with Crippen molar-refractivity contribution < 1.29 is 9.59 Å².